The van der Waals surface area contributed by atoms with Gasteiger partial charge < -0.3 is 5.11 Å². The molecule has 3 aromatic rings. The first-order valence-electron chi connectivity index (χ1n) is 8.72. The fourth-order valence-electron chi connectivity index (χ4n) is 2.63. The molecule has 29 heavy (non-hydrogen) atoms. The summed E-state index contributed by atoms with van der Waals surface area (Å²) in [5.41, 5.74) is 1.36. The number of aliphatic hydroxyl groups is 1. The molecule has 0 amide bonds. The molecule has 0 fully saturated rings. The van der Waals surface area contributed by atoms with E-state index < -0.39 is 10.7 Å². The van der Waals surface area contributed by atoms with Gasteiger partial charge in [-0.1, -0.05) is 60.7 Å². The SMILES string of the molecule is Cc1cc([N+](=O)[O-])ccc1N=N/C(C(=O)c1ccccc1)=C(/O)c1ccccc1. The Hall–Kier alpha value is -4.13. The standard InChI is InChI=1S/C22H17N3O4/c1-15-14-18(25(28)29)12-13-19(15)23-24-20(21(26)16-8-4-2-5-9-16)22(27)17-10-6-3-7-11-17/h2-14,26H,1H3/b21-20+,24-23?. The van der Waals surface area contributed by atoms with Crippen molar-refractivity contribution in [1.82, 2.24) is 0 Å². The number of aryl methyl sites for hydroxylation is 1. The summed E-state index contributed by atoms with van der Waals surface area (Å²) in [4.78, 5) is 23.3. The maximum absolute atomic E-state index is 12.9. The van der Waals surface area contributed by atoms with Crippen LogP contribution in [0.5, 0.6) is 0 Å². The average Bonchev–Trinajstić information content (AvgIpc) is 2.75. The number of rotatable bonds is 6. The highest BCUT2D eigenvalue weighted by molar-refractivity contribution is 6.12. The van der Waals surface area contributed by atoms with Gasteiger partial charge in [-0.3, -0.25) is 14.9 Å². The van der Waals surface area contributed by atoms with E-state index in [1.807, 2.05) is 0 Å². The lowest BCUT2D eigenvalue weighted by Crippen LogP contribution is -2.04. The second-order valence-electron chi connectivity index (χ2n) is 6.19. The minimum atomic E-state index is -0.501. The lowest BCUT2D eigenvalue weighted by Gasteiger charge is -2.06. The Labute approximate surface area is 166 Å². The van der Waals surface area contributed by atoms with Crippen LogP contribution in [0.2, 0.25) is 0 Å². The highest BCUT2D eigenvalue weighted by Gasteiger charge is 2.19. The van der Waals surface area contributed by atoms with E-state index in [9.17, 15) is 20.0 Å². The molecule has 0 heterocycles. The van der Waals surface area contributed by atoms with Crippen LogP contribution in [0.25, 0.3) is 5.76 Å². The minimum Gasteiger partial charge on any atom is -0.505 e. The molecule has 3 rings (SSSR count). The van der Waals surface area contributed by atoms with Crippen molar-refractivity contribution in [2.75, 3.05) is 0 Å². The first kappa shape index (κ1) is 19.6. The lowest BCUT2D eigenvalue weighted by atomic mass is 10.1. The van der Waals surface area contributed by atoms with Gasteiger partial charge in [0.1, 0.15) is 0 Å². The van der Waals surface area contributed by atoms with Crippen LogP contribution in [0.15, 0.2) is 94.8 Å². The van der Waals surface area contributed by atoms with Crippen molar-refractivity contribution in [1.29, 1.82) is 0 Å². The van der Waals surface area contributed by atoms with E-state index in [4.69, 9.17) is 0 Å². The fourth-order valence-corrected chi connectivity index (χ4v) is 2.63. The smallest absolute Gasteiger partial charge is 0.269 e. The highest BCUT2D eigenvalue weighted by Crippen LogP contribution is 2.27. The molecule has 0 saturated carbocycles. The van der Waals surface area contributed by atoms with Crippen molar-refractivity contribution >= 4 is 22.9 Å². The van der Waals surface area contributed by atoms with Crippen molar-refractivity contribution in [2.24, 2.45) is 10.2 Å². The van der Waals surface area contributed by atoms with Crippen molar-refractivity contribution < 1.29 is 14.8 Å². The quantitative estimate of drug-likeness (QED) is 0.144. The number of azo groups is 1. The minimum absolute atomic E-state index is 0.0651. The molecule has 1 N–H and O–H groups in total. The Morgan fingerprint density at radius 2 is 1.52 bits per heavy atom. The predicted octanol–water partition coefficient (Wildman–Crippen LogP) is 5.80. The zero-order valence-electron chi connectivity index (χ0n) is 15.5. The molecule has 3 aromatic carbocycles. The van der Waals surface area contributed by atoms with E-state index >= 15 is 0 Å². The number of hydrogen-bond acceptors (Lipinski definition) is 6. The summed E-state index contributed by atoms with van der Waals surface area (Å²) in [5.74, 6) is -0.793. The van der Waals surface area contributed by atoms with E-state index in [1.54, 1.807) is 67.6 Å². The molecular formula is C22H17N3O4. The van der Waals surface area contributed by atoms with Crippen LogP contribution in [0.1, 0.15) is 21.5 Å². The Kier molecular flexibility index (Phi) is 5.89. The van der Waals surface area contributed by atoms with Crippen molar-refractivity contribution in [2.45, 2.75) is 6.92 Å². The number of aliphatic hydroxyl groups excluding tert-OH is 1. The molecule has 144 valence electrons. The van der Waals surface area contributed by atoms with Crippen LogP contribution >= 0.6 is 0 Å². The average molecular weight is 387 g/mol. The molecule has 0 spiro atoms. The summed E-state index contributed by atoms with van der Waals surface area (Å²) in [5, 5.41) is 29.7. The summed E-state index contributed by atoms with van der Waals surface area (Å²) in [6.07, 6.45) is 0. The molecule has 0 unspecified atom stereocenters. The molecule has 7 nitrogen and oxygen atoms in total. The molecule has 0 radical (unpaired) electrons. The van der Waals surface area contributed by atoms with Crippen LogP contribution in [-0.2, 0) is 0 Å². The van der Waals surface area contributed by atoms with Gasteiger partial charge in [-0.2, -0.15) is 5.11 Å². The number of carbonyl (C=O) groups is 1. The number of ketones is 1. The van der Waals surface area contributed by atoms with Crippen LogP contribution in [0.3, 0.4) is 0 Å². The molecule has 0 aromatic heterocycles. The van der Waals surface area contributed by atoms with Gasteiger partial charge in [-0.05, 0) is 18.6 Å². The Morgan fingerprint density at radius 1 is 0.931 bits per heavy atom. The fraction of sp³-hybridized carbons (Fsp3) is 0.0455. The van der Waals surface area contributed by atoms with Gasteiger partial charge in [0.15, 0.2) is 11.5 Å². The Morgan fingerprint density at radius 3 is 2.07 bits per heavy atom. The first-order chi connectivity index (χ1) is 14.0. The van der Waals surface area contributed by atoms with Crippen LogP contribution in [-0.4, -0.2) is 15.8 Å². The number of carbonyl (C=O) groups excluding carboxylic acids is 1. The number of benzene rings is 3. The topological polar surface area (TPSA) is 105 Å². The normalized spacial score (nSPS) is 11.9. The molecule has 0 aliphatic rings. The van der Waals surface area contributed by atoms with E-state index in [1.165, 1.54) is 18.2 Å². The molecule has 0 saturated heterocycles. The third-order valence-electron chi connectivity index (χ3n) is 4.17. The second-order valence-corrected chi connectivity index (χ2v) is 6.19. The van der Waals surface area contributed by atoms with Gasteiger partial charge in [-0.25, -0.2) is 0 Å². The number of allylic oxidation sites excluding steroid dienone is 1. The third kappa shape index (κ3) is 4.59. The van der Waals surface area contributed by atoms with Crippen molar-refractivity contribution in [3.05, 3.63) is 111 Å². The number of Topliss-reactive ketones (excluding diaryl/α,β-unsaturated/α-hetero) is 1. The van der Waals surface area contributed by atoms with Crippen LogP contribution < -0.4 is 0 Å². The zero-order chi connectivity index (χ0) is 20.8. The second kappa shape index (κ2) is 8.71. The Bertz CT molecular complexity index is 1110. The first-order valence-corrected chi connectivity index (χ1v) is 8.72. The molecule has 7 heteroatoms. The van der Waals surface area contributed by atoms with E-state index in [-0.39, 0.29) is 17.1 Å². The maximum atomic E-state index is 12.9. The number of nitrogens with zero attached hydrogens (tertiary/aromatic N) is 3. The monoisotopic (exact) mass is 387 g/mol. The predicted molar refractivity (Wildman–Crippen MR) is 109 cm³/mol. The van der Waals surface area contributed by atoms with Crippen molar-refractivity contribution in [3.8, 4) is 0 Å². The van der Waals surface area contributed by atoms with Crippen LogP contribution in [0, 0.1) is 17.0 Å². The maximum Gasteiger partial charge on any atom is 0.269 e. The van der Waals surface area contributed by atoms with Gasteiger partial charge in [0.2, 0.25) is 5.78 Å². The van der Waals surface area contributed by atoms with Gasteiger partial charge in [0.25, 0.3) is 5.69 Å². The van der Waals surface area contributed by atoms with Gasteiger partial charge in [0.05, 0.1) is 10.6 Å². The third-order valence-corrected chi connectivity index (χ3v) is 4.17. The number of nitro benzene ring substituents is 1. The Balaban J connectivity index is 2.06. The molecule has 0 atom stereocenters. The molecular weight excluding hydrogens is 370 g/mol. The van der Waals surface area contributed by atoms with Gasteiger partial charge in [-0.15, -0.1) is 5.11 Å². The van der Waals surface area contributed by atoms with E-state index in [2.05, 4.69) is 10.2 Å². The lowest BCUT2D eigenvalue weighted by molar-refractivity contribution is -0.384. The highest BCUT2D eigenvalue weighted by atomic mass is 16.6. The van der Waals surface area contributed by atoms with Crippen molar-refractivity contribution in [3.63, 3.8) is 0 Å². The summed E-state index contributed by atoms with van der Waals surface area (Å²) in [6.45, 7) is 1.65. The van der Waals surface area contributed by atoms with Gasteiger partial charge >= 0.3 is 0 Å². The number of non-ortho nitro benzene ring substituents is 1. The largest absolute Gasteiger partial charge is 0.505 e. The number of hydrogen-bond donors (Lipinski definition) is 1. The van der Waals surface area contributed by atoms with E-state index in [0.717, 1.165) is 0 Å². The molecule has 0 bridgehead atoms. The summed E-state index contributed by atoms with van der Waals surface area (Å²) >= 11 is 0. The summed E-state index contributed by atoms with van der Waals surface area (Å²) in [6, 6.07) is 21.1. The zero-order valence-corrected chi connectivity index (χ0v) is 15.5. The summed E-state index contributed by atoms with van der Waals surface area (Å²) < 4.78 is 0. The van der Waals surface area contributed by atoms with E-state index in [0.29, 0.717) is 22.4 Å². The number of nitro groups is 1. The molecule has 0 aliphatic heterocycles. The van der Waals surface area contributed by atoms with Crippen LogP contribution in [0.4, 0.5) is 11.4 Å². The molecule has 0 aliphatic carbocycles. The summed E-state index contributed by atoms with van der Waals surface area (Å²) in [7, 11) is 0. The van der Waals surface area contributed by atoms with Gasteiger partial charge in [0, 0.05) is 23.3 Å².